The number of aromatic carboxylic acids is 1. The van der Waals surface area contributed by atoms with Gasteiger partial charge in [-0.3, -0.25) is 4.68 Å². The predicted molar refractivity (Wildman–Crippen MR) is 71.5 cm³/mol. The Morgan fingerprint density at radius 3 is 3.00 bits per heavy atom. The van der Waals surface area contributed by atoms with E-state index in [0.29, 0.717) is 17.4 Å². The second-order valence-electron chi connectivity index (χ2n) is 4.98. The lowest BCUT2D eigenvalue weighted by molar-refractivity contribution is 0.0697. The second-order valence-corrected chi connectivity index (χ2v) is 4.98. The van der Waals surface area contributed by atoms with E-state index in [-0.39, 0.29) is 11.7 Å². The Balaban J connectivity index is 2.09. The Morgan fingerprint density at radius 2 is 2.37 bits per heavy atom. The van der Waals surface area contributed by atoms with E-state index in [0.717, 1.165) is 26.0 Å². The maximum atomic E-state index is 11.3. The van der Waals surface area contributed by atoms with Gasteiger partial charge in [-0.15, -0.1) is 0 Å². The maximum absolute atomic E-state index is 11.3. The number of hydrogen-bond acceptors (Lipinski definition) is 4. The summed E-state index contributed by atoms with van der Waals surface area (Å²) in [5.74, 6) is 0.0661. The number of rotatable bonds is 5. The molecule has 6 nitrogen and oxygen atoms in total. The Hall–Kier alpha value is -1.56. The van der Waals surface area contributed by atoms with Gasteiger partial charge in [0.25, 0.3) is 0 Å². The third kappa shape index (κ3) is 2.73. The van der Waals surface area contributed by atoms with Gasteiger partial charge in [0.05, 0.1) is 11.8 Å². The molecule has 0 aromatic carbocycles. The molecule has 1 aromatic heterocycles. The van der Waals surface area contributed by atoms with Gasteiger partial charge >= 0.3 is 5.97 Å². The van der Waals surface area contributed by atoms with Crippen LogP contribution in [-0.2, 0) is 11.8 Å². The molecule has 1 aliphatic heterocycles. The van der Waals surface area contributed by atoms with E-state index in [1.807, 2.05) is 0 Å². The number of aromatic nitrogens is 2. The van der Waals surface area contributed by atoms with Crippen LogP contribution in [0.4, 0.5) is 5.82 Å². The number of ether oxygens (including phenoxy) is 1. The predicted octanol–water partition coefficient (Wildman–Crippen LogP) is 1.65. The third-order valence-corrected chi connectivity index (χ3v) is 3.72. The molecule has 1 aliphatic rings. The number of nitrogens with zero attached hydrogens (tertiary/aromatic N) is 2. The Bertz CT molecular complexity index is 470. The number of carboxylic acid groups (broad SMARTS) is 1. The minimum Gasteiger partial charge on any atom is -0.477 e. The molecule has 2 atom stereocenters. The summed E-state index contributed by atoms with van der Waals surface area (Å²) in [5, 5.41) is 16.6. The number of aryl methyl sites for hydroxylation is 2. The smallest absolute Gasteiger partial charge is 0.341 e. The average molecular weight is 267 g/mol. The number of anilines is 1. The molecule has 106 valence electrons. The zero-order valence-electron chi connectivity index (χ0n) is 11.6. The van der Waals surface area contributed by atoms with Crippen molar-refractivity contribution < 1.29 is 14.6 Å². The van der Waals surface area contributed by atoms with Gasteiger partial charge in [-0.1, -0.05) is 6.92 Å². The van der Waals surface area contributed by atoms with Crippen LogP contribution in [0.5, 0.6) is 0 Å². The van der Waals surface area contributed by atoms with Gasteiger partial charge in [-0.25, -0.2) is 4.79 Å². The number of carbonyl (C=O) groups is 1. The van der Waals surface area contributed by atoms with Crippen molar-refractivity contribution in [2.24, 2.45) is 13.0 Å². The van der Waals surface area contributed by atoms with Crippen LogP contribution in [0.15, 0.2) is 0 Å². The lowest BCUT2D eigenvalue weighted by Gasteiger charge is -2.18. The molecule has 2 rings (SSSR count). The Labute approximate surface area is 112 Å². The first-order valence-corrected chi connectivity index (χ1v) is 6.67. The molecule has 0 saturated carbocycles. The standard InChI is InChI=1S/C13H21N3O3/c1-4-10-9(5-6-19-10)7-14-12-11(13(17)18)8(2)15-16(12)3/h9-10,14H,4-7H2,1-3H3,(H,17,18). The zero-order chi connectivity index (χ0) is 14.0. The largest absolute Gasteiger partial charge is 0.477 e. The number of carboxylic acids is 1. The van der Waals surface area contributed by atoms with Crippen molar-refractivity contribution in [3.05, 3.63) is 11.3 Å². The monoisotopic (exact) mass is 267 g/mol. The van der Waals surface area contributed by atoms with Crippen LogP contribution < -0.4 is 5.32 Å². The zero-order valence-corrected chi connectivity index (χ0v) is 11.6. The molecular formula is C13H21N3O3. The first-order valence-electron chi connectivity index (χ1n) is 6.67. The molecule has 2 unspecified atom stereocenters. The van der Waals surface area contributed by atoms with Crippen molar-refractivity contribution in [2.75, 3.05) is 18.5 Å². The van der Waals surface area contributed by atoms with Crippen LogP contribution in [0.25, 0.3) is 0 Å². The van der Waals surface area contributed by atoms with Crippen molar-refractivity contribution in [1.82, 2.24) is 9.78 Å². The van der Waals surface area contributed by atoms with Crippen LogP contribution in [-0.4, -0.2) is 40.1 Å². The summed E-state index contributed by atoms with van der Waals surface area (Å²) in [4.78, 5) is 11.3. The number of nitrogens with one attached hydrogen (secondary N) is 1. The fourth-order valence-electron chi connectivity index (χ4n) is 2.72. The van der Waals surface area contributed by atoms with E-state index < -0.39 is 5.97 Å². The summed E-state index contributed by atoms with van der Waals surface area (Å²) in [7, 11) is 1.75. The fourth-order valence-corrected chi connectivity index (χ4v) is 2.72. The summed E-state index contributed by atoms with van der Waals surface area (Å²) in [6.45, 7) is 5.33. The molecule has 1 saturated heterocycles. The molecule has 2 N–H and O–H groups in total. The van der Waals surface area contributed by atoms with Gasteiger partial charge in [0, 0.05) is 26.1 Å². The molecular weight excluding hydrogens is 246 g/mol. The average Bonchev–Trinajstić information content (AvgIpc) is 2.90. The first-order chi connectivity index (χ1) is 9.04. The molecule has 6 heteroatoms. The highest BCUT2D eigenvalue weighted by Gasteiger charge is 2.27. The molecule has 1 aromatic rings. The lowest BCUT2D eigenvalue weighted by Crippen LogP contribution is -2.24. The summed E-state index contributed by atoms with van der Waals surface area (Å²) < 4.78 is 7.23. The first kappa shape index (κ1) is 13.9. The highest BCUT2D eigenvalue weighted by molar-refractivity contribution is 5.94. The SMILES string of the molecule is CCC1OCCC1CNc1c(C(=O)O)c(C)nn1C. The van der Waals surface area contributed by atoms with E-state index in [9.17, 15) is 9.90 Å². The minimum atomic E-state index is -0.942. The van der Waals surface area contributed by atoms with Gasteiger partial charge in [0.15, 0.2) is 0 Å². The lowest BCUT2D eigenvalue weighted by atomic mass is 9.99. The van der Waals surface area contributed by atoms with Crippen molar-refractivity contribution in [3.63, 3.8) is 0 Å². The van der Waals surface area contributed by atoms with Crippen molar-refractivity contribution in [3.8, 4) is 0 Å². The Kier molecular flexibility index (Phi) is 4.09. The van der Waals surface area contributed by atoms with Crippen molar-refractivity contribution >= 4 is 11.8 Å². The van der Waals surface area contributed by atoms with Crippen LogP contribution in [0, 0.1) is 12.8 Å². The topological polar surface area (TPSA) is 76.4 Å². The summed E-state index contributed by atoms with van der Waals surface area (Å²) in [6.07, 6.45) is 2.28. The minimum absolute atomic E-state index is 0.259. The van der Waals surface area contributed by atoms with Crippen molar-refractivity contribution in [1.29, 1.82) is 0 Å². The maximum Gasteiger partial charge on any atom is 0.341 e. The molecule has 0 spiro atoms. The van der Waals surface area contributed by atoms with Gasteiger partial charge in [-0.2, -0.15) is 5.10 Å². The van der Waals surface area contributed by atoms with Gasteiger partial charge < -0.3 is 15.2 Å². The molecule has 0 radical (unpaired) electrons. The Morgan fingerprint density at radius 1 is 1.63 bits per heavy atom. The van der Waals surface area contributed by atoms with E-state index in [4.69, 9.17) is 4.74 Å². The molecule has 0 bridgehead atoms. The summed E-state index contributed by atoms with van der Waals surface area (Å²) in [6, 6.07) is 0. The summed E-state index contributed by atoms with van der Waals surface area (Å²) >= 11 is 0. The van der Waals surface area contributed by atoms with Gasteiger partial charge in [-0.05, 0) is 19.8 Å². The molecule has 0 aliphatic carbocycles. The van der Waals surface area contributed by atoms with E-state index in [1.54, 1.807) is 18.7 Å². The molecule has 0 amide bonds. The third-order valence-electron chi connectivity index (χ3n) is 3.72. The van der Waals surface area contributed by atoms with Crippen LogP contribution in [0.1, 0.15) is 35.8 Å². The molecule has 19 heavy (non-hydrogen) atoms. The fraction of sp³-hybridized carbons (Fsp3) is 0.692. The summed E-state index contributed by atoms with van der Waals surface area (Å²) in [5.41, 5.74) is 0.793. The quantitative estimate of drug-likeness (QED) is 0.848. The van der Waals surface area contributed by atoms with Crippen LogP contribution in [0.2, 0.25) is 0 Å². The van der Waals surface area contributed by atoms with E-state index in [2.05, 4.69) is 17.3 Å². The van der Waals surface area contributed by atoms with E-state index in [1.165, 1.54) is 0 Å². The second kappa shape index (κ2) is 5.61. The normalized spacial score (nSPS) is 22.7. The van der Waals surface area contributed by atoms with Crippen molar-refractivity contribution in [2.45, 2.75) is 32.8 Å². The number of hydrogen-bond donors (Lipinski definition) is 2. The van der Waals surface area contributed by atoms with Crippen LogP contribution in [0.3, 0.4) is 0 Å². The highest BCUT2D eigenvalue weighted by atomic mass is 16.5. The molecule has 1 fully saturated rings. The van der Waals surface area contributed by atoms with Gasteiger partial charge in [0.2, 0.25) is 0 Å². The molecule has 2 heterocycles. The highest BCUT2D eigenvalue weighted by Crippen LogP contribution is 2.25. The van der Waals surface area contributed by atoms with E-state index >= 15 is 0 Å². The van der Waals surface area contributed by atoms with Crippen LogP contribution >= 0.6 is 0 Å². The van der Waals surface area contributed by atoms with Gasteiger partial charge in [0.1, 0.15) is 11.4 Å².